The molecule has 2 atom stereocenters. The quantitative estimate of drug-likeness (QED) is 0.567. The third-order valence-electron chi connectivity index (χ3n) is 4.54. The van der Waals surface area contributed by atoms with Crippen LogP contribution in [0.4, 0.5) is 0 Å². The van der Waals surface area contributed by atoms with Gasteiger partial charge in [0.05, 0.1) is 5.33 Å². The molecule has 0 fully saturated rings. The third-order valence-corrected chi connectivity index (χ3v) is 5.17. The molecule has 0 amide bonds. The fourth-order valence-electron chi connectivity index (χ4n) is 3.24. The van der Waals surface area contributed by atoms with Crippen LogP contribution in [-0.4, -0.2) is 22.8 Å². The first kappa shape index (κ1) is 19.5. The van der Waals surface area contributed by atoms with Crippen molar-refractivity contribution in [2.75, 3.05) is 11.9 Å². The van der Waals surface area contributed by atoms with Crippen molar-refractivity contribution < 1.29 is 14.6 Å². The Balaban J connectivity index is 2.15. The van der Waals surface area contributed by atoms with E-state index in [-0.39, 0.29) is 12.4 Å². The van der Waals surface area contributed by atoms with Crippen molar-refractivity contribution in [3.8, 4) is 11.5 Å². The Hall–Kier alpha value is -1.81. The van der Waals surface area contributed by atoms with Gasteiger partial charge in [0.1, 0.15) is 18.1 Å². The minimum absolute atomic E-state index is 0.0221. The summed E-state index contributed by atoms with van der Waals surface area (Å²) in [5, 5.41) is 9.83. The molecule has 0 radical (unpaired) electrons. The van der Waals surface area contributed by atoms with Crippen molar-refractivity contribution in [3.05, 3.63) is 59.7 Å². The third kappa shape index (κ3) is 5.33. The Kier molecular flexibility index (Phi) is 7.51. The minimum atomic E-state index is 0.0221. The molecule has 0 spiro atoms. The first-order valence-corrected chi connectivity index (χ1v) is 9.80. The van der Waals surface area contributed by atoms with Crippen LogP contribution in [0.15, 0.2) is 48.5 Å². The van der Waals surface area contributed by atoms with Crippen molar-refractivity contribution in [2.45, 2.75) is 38.5 Å². The van der Waals surface area contributed by atoms with Gasteiger partial charge in [0.15, 0.2) is 5.78 Å². The summed E-state index contributed by atoms with van der Waals surface area (Å²) in [5.74, 6) is 1.82. The molecule has 0 saturated heterocycles. The van der Waals surface area contributed by atoms with E-state index in [0.29, 0.717) is 28.7 Å². The first-order chi connectivity index (χ1) is 12.1. The number of phenolic OH excluding ortho intramolecular Hbond substituents is 1. The summed E-state index contributed by atoms with van der Waals surface area (Å²) in [5.41, 5.74) is 2.51. The molecule has 25 heavy (non-hydrogen) atoms. The zero-order chi connectivity index (χ0) is 18.2. The average molecular weight is 405 g/mol. The van der Waals surface area contributed by atoms with Crippen LogP contribution in [0.1, 0.15) is 49.7 Å². The van der Waals surface area contributed by atoms with Gasteiger partial charge in [-0.05, 0) is 60.1 Å². The summed E-state index contributed by atoms with van der Waals surface area (Å²) in [6.45, 7) is 4.49. The van der Waals surface area contributed by atoms with Crippen LogP contribution < -0.4 is 4.74 Å². The highest BCUT2D eigenvalue weighted by Crippen LogP contribution is 2.38. The molecule has 0 aliphatic rings. The van der Waals surface area contributed by atoms with E-state index in [0.717, 1.165) is 12.8 Å². The van der Waals surface area contributed by atoms with Crippen molar-refractivity contribution in [1.29, 1.82) is 0 Å². The number of hydrogen-bond acceptors (Lipinski definition) is 3. The zero-order valence-corrected chi connectivity index (χ0v) is 16.3. The Morgan fingerprint density at radius 2 is 1.44 bits per heavy atom. The molecule has 0 aliphatic heterocycles. The van der Waals surface area contributed by atoms with Crippen LogP contribution in [-0.2, 0) is 4.79 Å². The Labute approximate surface area is 158 Å². The molecule has 0 unspecified atom stereocenters. The van der Waals surface area contributed by atoms with Crippen LogP contribution in [0.2, 0.25) is 0 Å². The number of aromatic hydroxyl groups is 1. The fourth-order valence-corrected chi connectivity index (χ4v) is 3.40. The summed E-state index contributed by atoms with van der Waals surface area (Å²) in [6, 6.07) is 15.6. The van der Waals surface area contributed by atoms with E-state index in [1.54, 1.807) is 12.1 Å². The molecular weight excluding hydrogens is 380 g/mol. The number of Topliss-reactive ketones (excluding diaryl/α,β-unsaturated/α-hetero) is 1. The van der Waals surface area contributed by atoms with Crippen LogP contribution in [0.3, 0.4) is 0 Å². The van der Waals surface area contributed by atoms with E-state index in [4.69, 9.17) is 4.74 Å². The SMILES string of the molecule is CC[C@H](c1ccc(O)cc1)[C@@H](CC)c1ccc(OCC(=O)CBr)cc1. The lowest BCUT2D eigenvalue weighted by Gasteiger charge is -2.26. The van der Waals surface area contributed by atoms with E-state index in [9.17, 15) is 9.90 Å². The summed E-state index contributed by atoms with van der Waals surface area (Å²) < 4.78 is 5.50. The van der Waals surface area contributed by atoms with Crippen molar-refractivity contribution >= 4 is 21.7 Å². The van der Waals surface area contributed by atoms with Crippen LogP contribution in [0, 0.1) is 0 Å². The lowest BCUT2D eigenvalue weighted by atomic mass is 9.78. The predicted molar refractivity (Wildman–Crippen MR) is 105 cm³/mol. The molecule has 134 valence electrons. The summed E-state index contributed by atoms with van der Waals surface area (Å²) in [6.07, 6.45) is 2.06. The standard InChI is InChI=1S/C21H25BrO3/c1-3-20(15-5-9-17(23)10-6-15)21(4-2)16-7-11-19(12-8-16)25-14-18(24)13-22/h5-12,20-21,23H,3-4,13-14H2,1-2H3/t20-,21+/m1/s1. The van der Waals surface area contributed by atoms with Crippen molar-refractivity contribution in [2.24, 2.45) is 0 Å². The summed E-state index contributed by atoms with van der Waals surface area (Å²) in [4.78, 5) is 11.3. The second kappa shape index (κ2) is 9.62. The number of benzene rings is 2. The van der Waals surface area contributed by atoms with Crippen molar-refractivity contribution in [3.63, 3.8) is 0 Å². The lowest BCUT2D eigenvalue weighted by Crippen LogP contribution is -2.12. The fraction of sp³-hybridized carbons (Fsp3) is 0.381. The molecule has 2 aromatic rings. The van der Waals surface area contributed by atoms with Gasteiger partial charge in [-0.3, -0.25) is 4.79 Å². The van der Waals surface area contributed by atoms with Gasteiger partial charge < -0.3 is 9.84 Å². The van der Waals surface area contributed by atoms with Gasteiger partial charge >= 0.3 is 0 Å². The monoisotopic (exact) mass is 404 g/mol. The van der Waals surface area contributed by atoms with E-state index in [2.05, 4.69) is 41.9 Å². The molecule has 0 heterocycles. The molecule has 3 nitrogen and oxygen atoms in total. The van der Waals surface area contributed by atoms with Gasteiger partial charge in [0.2, 0.25) is 0 Å². The smallest absolute Gasteiger partial charge is 0.180 e. The number of carbonyl (C=O) groups is 1. The highest BCUT2D eigenvalue weighted by molar-refractivity contribution is 9.09. The molecule has 1 N–H and O–H groups in total. The summed E-state index contributed by atoms with van der Waals surface area (Å²) in [7, 11) is 0. The van der Waals surface area contributed by atoms with Gasteiger partial charge in [0, 0.05) is 0 Å². The summed E-state index contributed by atoms with van der Waals surface area (Å²) >= 11 is 3.13. The number of phenols is 1. The lowest BCUT2D eigenvalue weighted by molar-refractivity contribution is -0.118. The molecular formula is C21H25BrO3. The molecule has 0 aromatic heterocycles. The zero-order valence-electron chi connectivity index (χ0n) is 14.7. The number of hydrogen-bond donors (Lipinski definition) is 1. The molecule has 4 heteroatoms. The van der Waals surface area contributed by atoms with Gasteiger partial charge in [-0.25, -0.2) is 0 Å². The first-order valence-electron chi connectivity index (χ1n) is 8.68. The van der Waals surface area contributed by atoms with E-state index in [1.807, 2.05) is 24.3 Å². The van der Waals surface area contributed by atoms with E-state index >= 15 is 0 Å². The van der Waals surface area contributed by atoms with Crippen LogP contribution >= 0.6 is 15.9 Å². The number of alkyl halides is 1. The molecule has 0 bridgehead atoms. The maximum Gasteiger partial charge on any atom is 0.180 e. The number of carbonyl (C=O) groups excluding carboxylic acids is 1. The molecule has 2 aromatic carbocycles. The maximum atomic E-state index is 11.3. The van der Waals surface area contributed by atoms with Gasteiger partial charge in [-0.15, -0.1) is 0 Å². The molecule has 0 aliphatic carbocycles. The number of rotatable bonds is 9. The Morgan fingerprint density at radius 3 is 1.88 bits per heavy atom. The van der Waals surface area contributed by atoms with Crippen molar-refractivity contribution in [1.82, 2.24) is 0 Å². The largest absolute Gasteiger partial charge is 0.508 e. The average Bonchev–Trinajstić information content (AvgIpc) is 2.65. The predicted octanol–water partition coefficient (Wildman–Crippen LogP) is 5.42. The second-order valence-electron chi connectivity index (χ2n) is 6.15. The molecule has 0 saturated carbocycles. The number of ketones is 1. The normalized spacial score (nSPS) is 13.2. The molecule has 2 rings (SSSR count). The second-order valence-corrected chi connectivity index (χ2v) is 6.71. The van der Waals surface area contributed by atoms with Crippen LogP contribution in [0.25, 0.3) is 0 Å². The minimum Gasteiger partial charge on any atom is -0.508 e. The number of ether oxygens (including phenoxy) is 1. The Morgan fingerprint density at radius 1 is 0.960 bits per heavy atom. The highest BCUT2D eigenvalue weighted by Gasteiger charge is 2.22. The number of halogens is 1. The van der Waals surface area contributed by atoms with Gasteiger partial charge in [0.25, 0.3) is 0 Å². The van der Waals surface area contributed by atoms with E-state index in [1.165, 1.54) is 11.1 Å². The maximum absolute atomic E-state index is 11.3. The highest BCUT2D eigenvalue weighted by atomic mass is 79.9. The topological polar surface area (TPSA) is 46.5 Å². The van der Waals surface area contributed by atoms with Gasteiger partial charge in [-0.1, -0.05) is 54.0 Å². The van der Waals surface area contributed by atoms with Crippen LogP contribution in [0.5, 0.6) is 11.5 Å². The van der Waals surface area contributed by atoms with Gasteiger partial charge in [-0.2, -0.15) is 0 Å². The Bertz CT molecular complexity index is 665. The van der Waals surface area contributed by atoms with E-state index < -0.39 is 0 Å².